The molecule has 2 rings (SSSR count). The predicted octanol–water partition coefficient (Wildman–Crippen LogP) is 1.96. The van der Waals surface area contributed by atoms with Crippen LogP contribution in [0.3, 0.4) is 0 Å². The maximum absolute atomic E-state index is 12.5. The van der Waals surface area contributed by atoms with Crippen molar-refractivity contribution < 1.29 is 23.8 Å². The zero-order chi connectivity index (χ0) is 15.6. The van der Waals surface area contributed by atoms with Crippen molar-refractivity contribution >= 4 is 11.9 Å². The second-order valence-corrected chi connectivity index (χ2v) is 5.60. The highest BCUT2D eigenvalue weighted by Crippen LogP contribution is 2.23. The van der Waals surface area contributed by atoms with Gasteiger partial charge in [-0.1, -0.05) is 0 Å². The summed E-state index contributed by atoms with van der Waals surface area (Å²) in [7, 11) is 0. The van der Waals surface area contributed by atoms with Crippen LogP contribution in [-0.4, -0.2) is 40.1 Å². The van der Waals surface area contributed by atoms with Crippen LogP contribution < -0.4 is 0 Å². The van der Waals surface area contributed by atoms with Crippen LogP contribution in [0.15, 0.2) is 16.5 Å². The van der Waals surface area contributed by atoms with Crippen LogP contribution in [0.2, 0.25) is 0 Å². The topological polar surface area (TPSA) is 80.0 Å². The fraction of sp³-hybridized carbons (Fsp3) is 0.600. The molecule has 6 heteroatoms. The molecule has 0 aromatic carbocycles. The van der Waals surface area contributed by atoms with Crippen LogP contribution >= 0.6 is 0 Å². The van der Waals surface area contributed by atoms with Gasteiger partial charge in [0, 0.05) is 6.04 Å². The van der Waals surface area contributed by atoms with Gasteiger partial charge in [-0.3, -0.25) is 4.79 Å². The van der Waals surface area contributed by atoms with Crippen LogP contribution in [0.1, 0.15) is 38.2 Å². The van der Waals surface area contributed by atoms with Gasteiger partial charge in [-0.05, 0) is 45.7 Å². The number of hydrogen-bond donors (Lipinski definition) is 1. The standard InChI is InChI=1S/C15H21NO5/c1-9(2)16(8-11-5-4-10(3)20-11)14(17)12-6-7-13(21-12)15(18)19/h4-5,9,12-13H,6-8H2,1-3H3,(H,18,19)/t12-,13+/m0/s1. The Morgan fingerprint density at radius 1 is 1.33 bits per heavy atom. The van der Waals surface area contributed by atoms with E-state index in [9.17, 15) is 9.59 Å². The maximum atomic E-state index is 12.5. The van der Waals surface area contributed by atoms with Crippen LogP contribution in [0, 0.1) is 6.92 Å². The third kappa shape index (κ3) is 3.64. The summed E-state index contributed by atoms with van der Waals surface area (Å²) in [6, 6.07) is 3.67. The minimum Gasteiger partial charge on any atom is -0.479 e. The number of carbonyl (C=O) groups is 2. The Morgan fingerprint density at radius 2 is 2.00 bits per heavy atom. The Kier molecular flexibility index (Phi) is 4.67. The van der Waals surface area contributed by atoms with Crippen molar-refractivity contribution in [2.75, 3.05) is 0 Å². The molecule has 2 atom stereocenters. The van der Waals surface area contributed by atoms with Gasteiger partial charge in [-0.2, -0.15) is 0 Å². The zero-order valence-corrected chi connectivity index (χ0v) is 12.5. The van der Waals surface area contributed by atoms with E-state index in [1.807, 2.05) is 32.9 Å². The van der Waals surface area contributed by atoms with Crippen molar-refractivity contribution in [3.63, 3.8) is 0 Å². The van der Waals surface area contributed by atoms with E-state index in [0.717, 1.165) is 5.76 Å². The lowest BCUT2D eigenvalue weighted by Gasteiger charge is -2.28. The molecular formula is C15H21NO5. The highest BCUT2D eigenvalue weighted by Gasteiger charge is 2.37. The van der Waals surface area contributed by atoms with Gasteiger partial charge in [0.05, 0.1) is 6.54 Å². The summed E-state index contributed by atoms with van der Waals surface area (Å²) in [6.07, 6.45) is -0.739. The number of amides is 1. The minimum absolute atomic E-state index is 0.0182. The highest BCUT2D eigenvalue weighted by atomic mass is 16.5. The van der Waals surface area contributed by atoms with E-state index in [-0.39, 0.29) is 11.9 Å². The molecule has 1 saturated heterocycles. The minimum atomic E-state index is -1.01. The molecule has 21 heavy (non-hydrogen) atoms. The number of aryl methyl sites for hydroxylation is 1. The Bertz CT molecular complexity index is 522. The van der Waals surface area contributed by atoms with Gasteiger partial charge < -0.3 is 19.2 Å². The second kappa shape index (κ2) is 6.30. The quantitative estimate of drug-likeness (QED) is 0.898. The average Bonchev–Trinajstić information content (AvgIpc) is 3.03. The Hall–Kier alpha value is -1.82. The molecule has 0 spiro atoms. The van der Waals surface area contributed by atoms with Gasteiger partial charge in [-0.15, -0.1) is 0 Å². The van der Waals surface area contributed by atoms with Crippen molar-refractivity contribution in [2.24, 2.45) is 0 Å². The lowest BCUT2D eigenvalue weighted by Crippen LogP contribution is -2.43. The summed E-state index contributed by atoms with van der Waals surface area (Å²) in [6.45, 7) is 6.04. The van der Waals surface area contributed by atoms with Gasteiger partial charge in [-0.25, -0.2) is 4.79 Å². The zero-order valence-electron chi connectivity index (χ0n) is 12.5. The van der Waals surface area contributed by atoms with E-state index in [1.54, 1.807) is 4.90 Å². The van der Waals surface area contributed by atoms with Crippen molar-refractivity contribution in [3.8, 4) is 0 Å². The van der Waals surface area contributed by atoms with Gasteiger partial charge in [0.25, 0.3) is 5.91 Å². The fourth-order valence-electron chi connectivity index (χ4n) is 2.44. The van der Waals surface area contributed by atoms with E-state index >= 15 is 0 Å². The molecule has 1 amide bonds. The molecule has 1 N–H and O–H groups in total. The van der Waals surface area contributed by atoms with Crippen LogP contribution in [0.4, 0.5) is 0 Å². The van der Waals surface area contributed by atoms with E-state index in [2.05, 4.69) is 0 Å². The summed E-state index contributed by atoms with van der Waals surface area (Å²) in [5.41, 5.74) is 0. The van der Waals surface area contributed by atoms with E-state index < -0.39 is 18.2 Å². The van der Waals surface area contributed by atoms with Gasteiger partial charge >= 0.3 is 5.97 Å². The molecule has 1 aliphatic rings. The molecular weight excluding hydrogens is 274 g/mol. The third-order valence-electron chi connectivity index (χ3n) is 3.60. The number of ether oxygens (including phenoxy) is 1. The molecule has 1 fully saturated rings. The first kappa shape index (κ1) is 15.6. The summed E-state index contributed by atoms with van der Waals surface area (Å²) in [5, 5.41) is 8.93. The molecule has 116 valence electrons. The first-order valence-corrected chi connectivity index (χ1v) is 7.12. The number of furan rings is 1. The first-order valence-electron chi connectivity index (χ1n) is 7.12. The van der Waals surface area contributed by atoms with E-state index in [4.69, 9.17) is 14.3 Å². The normalized spacial score (nSPS) is 21.7. The van der Waals surface area contributed by atoms with Gasteiger partial charge in [0.15, 0.2) is 6.10 Å². The summed E-state index contributed by atoms with van der Waals surface area (Å²) in [4.78, 5) is 25.1. The lowest BCUT2D eigenvalue weighted by molar-refractivity contribution is -0.155. The Labute approximate surface area is 123 Å². The molecule has 1 aliphatic heterocycles. The summed E-state index contributed by atoms with van der Waals surface area (Å²) < 4.78 is 10.8. The Morgan fingerprint density at radius 3 is 2.48 bits per heavy atom. The van der Waals surface area contributed by atoms with Crippen molar-refractivity contribution in [1.82, 2.24) is 4.90 Å². The highest BCUT2D eigenvalue weighted by molar-refractivity contribution is 5.83. The molecule has 0 unspecified atom stereocenters. The summed E-state index contributed by atoms with van der Waals surface area (Å²) in [5.74, 6) is 0.317. The number of carboxylic acid groups (broad SMARTS) is 1. The van der Waals surface area contributed by atoms with Crippen LogP contribution in [0.25, 0.3) is 0 Å². The van der Waals surface area contributed by atoms with Crippen molar-refractivity contribution in [3.05, 3.63) is 23.7 Å². The first-order chi connectivity index (χ1) is 9.88. The van der Waals surface area contributed by atoms with Crippen LogP contribution in [0.5, 0.6) is 0 Å². The fourth-order valence-corrected chi connectivity index (χ4v) is 2.44. The molecule has 2 heterocycles. The molecule has 0 bridgehead atoms. The number of carboxylic acids is 1. The molecule has 0 aliphatic carbocycles. The number of hydrogen-bond acceptors (Lipinski definition) is 4. The summed E-state index contributed by atoms with van der Waals surface area (Å²) >= 11 is 0. The molecule has 1 aromatic heterocycles. The lowest BCUT2D eigenvalue weighted by atomic mass is 10.1. The van der Waals surface area contributed by atoms with Crippen molar-refractivity contribution in [2.45, 2.75) is 58.4 Å². The van der Waals surface area contributed by atoms with E-state index in [1.165, 1.54) is 0 Å². The molecule has 1 aromatic rings. The number of nitrogens with zero attached hydrogens (tertiary/aromatic N) is 1. The maximum Gasteiger partial charge on any atom is 0.332 e. The molecule has 0 radical (unpaired) electrons. The monoisotopic (exact) mass is 295 g/mol. The smallest absolute Gasteiger partial charge is 0.332 e. The Balaban J connectivity index is 2.04. The number of aliphatic carboxylic acids is 1. The third-order valence-corrected chi connectivity index (χ3v) is 3.60. The molecule has 6 nitrogen and oxygen atoms in total. The number of carbonyl (C=O) groups excluding carboxylic acids is 1. The van der Waals surface area contributed by atoms with Crippen molar-refractivity contribution in [1.29, 1.82) is 0 Å². The predicted molar refractivity (Wildman–Crippen MR) is 74.7 cm³/mol. The SMILES string of the molecule is Cc1ccc(CN(C(=O)[C@@H]2CC[C@H](C(=O)O)O2)C(C)C)o1. The van der Waals surface area contributed by atoms with E-state index in [0.29, 0.717) is 25.1 Å². The second-order valence-electron chi connectivity index (χ2n) is 5.60. The largest absolute Gasteiger partial charge is 0.479 e. The molecule has 0 saturated carbocycles. The number of rotatable bonds is 5. The average molecular weight is 295 g/mol. The van der Waals surface area contributed by atoms with Crippen LogP contribution in [-0.2, 0) is 20.9 Å². The van der Waals surface area contributed by atoms with Gasteiger partial charge in [0.2, 0.25) is 0 Å². The van der Waals surface area contributed by atoms with Gasteiger partial charge in [0.1, 0.15) is 17.6 Å².